The molecule has 12 heavy (non-hydrogen) atoms. The minimum Gasteiger partial charge on any atom is -0.207 e. The van der Waals surface area contributed by atoms with Crippen molar-refractivity contribution in [3.8, 4) is 5.69 Å². The standard InChI is InChI=1S/C7H5FN4/c8-6-1-3-7(4-2-6)12-5-9-10-11-12/h1-5H. The second-order valence-corrected chi connectivity index (χ2v) is 2.23. The number of nitrogens with zero attached hydrogens (tertiary/aromatic N) is 4. The molecular formula is C7H5FN4. The van der Waals surface area contributed by atoms with Crippen LogP contribution in [0.25, 0.3) is 5.69 Å². The van der Waals surface area contributed by atoms with Gasteiger partial charge in [0.2, 0.25) is 0 Å². The molecule has 0 atom stereocenters. The van der Waals surface area contributed by atoms with Gasteiger partial charge in [-0.15, -0.1) is 5.10 Å². The van der Waals surface area contributed by atoms with Gasteiger partial charge in [-0.3, -0.25) is 0 Å². The summed E-state index contributed by atoms with van der Waals surface area (Å²) in [4.78, 5) is 0. The summed E-state index contributed by atoms with van der Waals surface area (Å²) in [5.74, 6) is -0.271. The lowest BCUT2D eigenvalue weighted by molar-refractivity contribution is 0.626. The lowest BCUT2D eigenvalue weighted by Gasteiger charge is -1.96. The van der Waals surface area contributed by atoms with Crippen LogP contribution in [0.2, 0.25) is 0 Å². The number of benzene rings is 1. The van der Waals surface area contributed by atoms with Crippen molar-refractivity contribution in [1.82, 2.24) is 20.2 Å². The Morgan fingerprint density at radius 1 is 1.17 bits per heavy atom. The Bertz CT molecular complexity index is 353. The third kappa shape index (κ3) is 1.16. The molecule has 1 aromatic carbocycles. The molecule has 0 fully saturated rings. The molecule has 0 aliphatic carbocycles. The van der Waals surface area contributed by atoms with Crippen LogP contribution >= 0.6 is 0 Å². The maximum absolute atomic E-state index is 12.5. The summed E-state index contributed by atoms with van der Waals surface area (Å²) in [6.45, 7) is 0. The first-order chi connectivity index (χ1) is 5.86. The zero-order valence-electron chi connectivity index (χ0n) is 6.05. The van der Waals surface area contributed by atoms with Crippen molar-refractivity contribution in [3.05, 3.63) is 36.4 Å². The Kier molecular flexibility index (Phi) is 1.55. The highest BCUT2D eigenvalue weighted by Crippen LogP contribution is 2.05. The van der Waals surface area contributed by atoms with Gasteiger partial charge < -0.3 is 0 Å². The largest absolute Gasteiger partial charge is 0.207 e. The molecule has 4 nitrogen and oxygen atoms in total. The molecule has 0 bridgehead atoms. The van der Waals surface area contributed by atoms with E-state index in [2.05, 4.69) is 15.5 Å². The molecule has 0 N–H and O–H groups in total. The number of rotatable bonds is 1. The van der Waals surface area contributed by atoms with Gasteiger partial charge in [-0.05, 0) is 34.7 Å². The first-order valence-electron chi connectivity index (χ1n) is 3.35. The average molecular weight is 164 g/mol. The average Bonchev–Trinajstić information content (AvgIpc) is 2.58. The minimum atomic E-state index is -0.271. The molecule has 60 valence electrons. The molecule has 0 radical (unpaired) electrons. The molecule has 0 amide bonds. The van der Waals surface area contributed by atoms with Crippen molar-refractivity contribution < 1.29 is 4.39 Å². The van der Waals surface area contributed by atoms with Gasteiger partial charge in [-0.25, -0.2) is 9.07 Å². The van der Waals surface area contributed by atoms with Gasteiger partial charge in [0.05, 0.1) is 5.69 Å². The highest BCUT2D eigenvalue weighted by atomic mass is 19.1. The van der Waals surface area contributed by atoms with E-state index in [0.717, 1.165) is 5.69 Å². The van der Waals surface area contributed by atoms with Gasteiger partial charge in [0.25, 0.3) is 0 Å². The fraction of sp³-hybridized carbons (Fsp3) is 0. The predicted molar refractivity (Wildman–Crippen MR) is 39.1 cm³/mol. The molecule has 0 saturated heterocycles. The van der Waals surface area contributed by atoms with E-state index < -0.39 is 0 Å². The van der Waals surface area contributed by atoms with E-state index in [1.54, 1.807) is 12.1 Å². The number of hydrogen-bond acceptors (Lipinski definition) is 3. The van der Waals surface area contributed by atoms with E-state index in [9.17, 15) is 4.39 Å². The number of halogens is 1. The fourth-order valence-corrected chi connectivity index (χ4v) is 0.873. The monoisotopic (exact) mass is 164 g/mol. The first-order valence-corrected chi connectivity index (χ1v) is 3.35. The summed E-state index contributed by atoms with van der Waals surface area (Å²) in [5, 5.41) is 10.6. The number of tetrazole rings is 1. The quantitative estimate of drug-likeness (QED) is 0.626. The molecule has 5 heteroatoms. The highest BCUT2D eigenvalue weighted by molar-refractivity contribution is 5.29. The first kappa shape index (κ1) is 6.90. The van der Waals surface area contributed by atoms with Crippen LogP contribution in [0.1, 0.15) is 0 Å². The zero-order chi connectivity index (χ0) is 8.39. The van der Waals surface area contributed by atoms with Crippen LogP contribution in [-0.4, -0.2) is 20.2 Å². The van der Waals surface area contributed by atoms with E-state index in [1.807, 2.05) is 0 Å². The molecule has 2 rings (SSSR count). The Morgan fingerprint density at radius 3 is 2.50 bits per heavy atom. The SMILES string of the molecule is Fc1ccc(-n2cnnn2)cc1. The second-order valence-electron chi connectivity index (χ2n) is 2.23. The lowest BCUT2D eigenvalue weighted by atomic mass is 10.3. The molecule has 0 saturated carbocycles. The van der Waals surface area contributed by atoms with Crippen LogP contribution in [0.4, 0.5) is 4.39 Å². The van der Waals surface area contributed by atoms with Crippen LogP contribution in [0.15, 0.2) is 30.6 Å². The summed E-state index contributed by atoms with van der Waals surface area (Å²) in [6, 6.07) is 5.92. The fourth-order valence-electron chi connectivity index (χ4n) is 0.873. The van der Waals surface area contributed by atoms with Crippen LogP contribution < -0.4 is 0 Å². The summed E-state index contributed by atoms with van der Waals surface area (Å²) >= 11 is 0. The van der Waals surface area contributed by atoms with Crippen LogP contribution in [0, 0.1) is 5.82 Å². The molecule has 0 unspecified atom stereocenters. The number of hydrogen-bond donors (Lipinski definition) is 0. The predicted octanol–water partition coefficient (Wildman–Crippen LogP) is 0.801. The van der Waals surface area contributed by atoms with Gasteiger partial charge in [-0.2, -0.15) is 0 Å². The molecule has 1 heterocycles. The van der Waals surface area contributed by atoms with E-state index in [4.69, 9.17) is 0 Å². The van der Waals surface area contributed by atoms with Gasteiger partial charge in [0.1, 0.15) is 12.1 Å². The maximum Gasteiger partial charge on any atom is 0.143 e. The Labute approximate surface area is 67.6 Å². The van der Waals surface area contributed by atoms with Crippen molar-refractivity contribution in [1.29, 1.82) is 0 Å². The van der Waals surface area contributed by atoms with Crippen LogP contribution in [-0.2, 0) is 0 Å². The third-order valence-electron chi connectivity index (χ3n) is 1.44. The van der Waals surface area contributed by atoms with Gasteiger partial charge in [-0.1, -0.05) is 0 Å². The topological polar surface area (TPSA) is 43.6 Å². The zero-order valence-corrected chi connectivity index (χ0v) is 6.05. The Balaban J connectivity index is 2.43. The van der Waals surface area contributed by atoms with Gasteiger partial charge >= 0.3 is 0 Å². The molecule has 0 spiro atoms. The normalized spacial score (nSPS) is 10.1. The van der Waals surface area contributed by atoms with E-state index in [1.165, 1.54) is 23.1 Å². The summed E-state index contributed by atoms with van der Waals surface area (Å²) in [6.07, 6.45) is 1.45. The minimum absolute atomic E-state index is 0.271. The smallest absolute Gasteiger partial charge is 0.143 e. The van der Waals surface area contributed by atoms with Crippen molar-refractivity contribution in [2.45, 2.75) is 0 Å². The molecule has 0 aliphatic rings. The Morgan fingerprint density at radius 2 is 1.92 bits per heavy atom. The summed E-state index contributed by atoms with van der Waals surface area (Å²) < 4.78 is 13.9. The highest BCUT2D eigenvalue weighted by Gasteiger charge is 1.96. The van der Waals surface area contributed by atoms with Crippen molar-refractivity contribution in [2.75, 3.05) is 0 Å². The van der Waals surface area contributed by atoms with Crippen LogP contribution in [0.3, 0.4) is 0 Å². The maximum atomic E-state index is 12.5. The van der Waals surface area contributed by atoms with E-state index in [-0.39, 0.29) is 5.82 Å². The molecular weight excluding hydrogens is 159 g/mol. The van der Waals surface area contributed by atoms with Gasteiger partial charge in [0.15, 0.2) is 0 Å². The summed E-state index contributed by atoms with van der Waals surface area (Å²) in [5.41, 5.74) is 0.737. The van der Waals surface area contributed by atoms with Crippen molar-refractivity contribution in [3.63, 3.8) is 0 Å². The molecule has 1 aromatic heterocycles. The second kappa shape index (κ2) is 2.69. The van der Waals surface area contributed by atoms with E-state index >= 15 is 0 Å². The third-order valence-corrected chi connectivity index (χ3v) is 1.44. The molecule has 2 aromatic rings. The van der Waals surface area contributed by atoms with E-state index in [0.29, 0.717) is 0 Å². The van der Waals surface area contributed by atoms with Crippen molar-refractivity contribution in [2.24, 2.45) is 0 Å². The molecule has 0 aliphatic heterocycles. The van der Waals surface area contributed by atoms with Crippen LogP contribution in [0.5, 0.6) is 0 Å². The lowest BCUT2D eigenvalue weighted by Crippen LogP contribution is -1.94. The van der Waals surface area contributed by atoms with Crippen molar-refractivity contribution >= 4 is 0 Å². The van der Waals surface area contributed by atoms with Gasteiger partial charge in [0, 0.05) is 0 Å². The number of aromatic nitrogens is 4. The summed E-state index contributed by atoms with van der Waals surface area (Å²) in [7, 11) is 0. The Hall–Kier alpha value is -1.78.